The summed E-state index contributed by atoms with van der Waals surface area (Å²) in [7, 11) is 2.00. The van der Waals surface area contributed by atoms with Gasteiger partial charge < -0.3 is 15.0 Å². The highest BCUT2D eigenvalue weighted by molar-refractivity contribution is 5.85. The minimum absolute atomic E-state index is 0. The first kappa shape index (κ1) is 17.4. The number of hydrogen-bond donors (Lipinski definition) is 1. The lowest BCUT2D eigenvalue weighted by atomic mass is 10.2. The molecule has 0 saturated heterocycles. The fourth-order valence-corrected chi connectivity index (χ4v) is 1.96. The average molecular weight is 313 g/mol. The molecule has 116 valence electrons. The summed E-state index contributed by atoms with van der Waals surface area (Å²) in [5.74, 6) is 2.02. The van der Waals surface area contributed by atoms with Crippen LogP contribution in [0.3, 0.4) is 0 Å². The SMILES string of the molecule is CCOc1ccccc1CN(C)Cc1noc(CN)n1.Cl. The van der Waals surface area contributed by atoms with Gasteiger partial charge in [0.25, 0.3) is 0 Å². The van der Waals surface area contributed by atoms with E-state index in [1.165, 1.54) is 0 Å². The first-order valence-electron chi connectivity index (χ1n) is 6.63. The molecule has 6 nitrogen and oxygen atoms in total. The Balaban J connectivity index is 0.00000220. The maximum atomic E-state index is 5.62. The number of halogens is 1. The van der Waals surface area contributed by atoms with E-state index in [-0.39, 0.29) is 19.0 Å². The summed E-state index contributed by atoms with van der Waals surface area (Å²) < 4.78 is 10.6. The number of rotatable bonds is 7. The molecule has 0 aliphatic carbocycles. The number of nitrogens with two attached hydrogens (primary N) is 1. The Morgan fingerprint density at radius 2 is 2.05 bits per heavy atom. The minimum Gasteiger partial charge on any atom is -0.494 e. The molecule has 0 atom stereocenters. The first-order chi connectivity index (χ1) is 9.72. The molecule has 0 unspecified atom stereocenters. The van der Waals surface area contributed by atoms with Crippen LogP contribution in [0, 0.1) is 0 Å². The molecule has 0 aliphatic heterocycles. The lowest BCUT2D eigenvalue weighted by molar-refractivity contribution is 0.286. The molecule has 0 amide bonds. The summed E-state index contributed by atoms with van der Waals surface area (Å²) in [6.07, 6.45) is 0. The molecule has 1 aromatic heterocycles. The van der Waals surface area contributed by atoms with Crippen molar-refractivity contribution in [3.63, 3.8) is 0 Å². The van der Waals surface area contributed by atoms with Gasteiger partial charge in [-0.15, -0.1) is 12.4 Å². The Morgan fingerprint density at radius 1 is 1.29 bits per heavy atom. The Hall–Kier alpha value is -1.63. The van der Waals surface area contributed by atoms with Gasteiger partial charge in [0.1, 0.15) is 5.75 Å². The van der Waals surface area contributed by atoms with Crippen LogP contribution >= 0.6 is 12.4 Å². The van der Waals surface area contributed by atoms with Gasteiger partial charge in [-0.3, -0.25) is 4.90 Å². The summed E-state index contributed by atoms with van der Waals surface area (Å²) in [4.78, 5) is 6.29. The Labute approximate surface area is 130 Å². The highest BCUT2D eigenvalue weighted by atomic mass is 35.5. The zero-order chi connectivity index (χ0) is 14.4. The van der Waals surface area contributed by atoms with Crippen molar-refractivity contribution >= 4 is 12.4 Å². The van der Waals surface area contributed by atoms with Crippen molar-refractivity contribution in [2.24, 2.45) is 5.73 Å². The van der Waals surface area contributed by atoms with Crippen molar-refractivity contribution in [1.82, 2.24) is 15.0 Å². The Morgan fingerprint density at radius 3 is 2.71 bits per heavy atom. The van der Waals surface area contributed by atoms with Gasteiger partial charge in [-0.1, -0.05) is 23.4 Å². The molecule has 2 aromatic rings. The van der Waals surface area contributed by atoms with Crippen LogP contribution in [0.2, 0.25) is 0 Å². The van der Waals surface area contributed by atoms with Crippen LogP contribution in [-0.2, 0) is 19.6 Å². The van der Waals surface area contributed by atoms with E-state index in [0.29, 0.717) is 24.9 Å². The summed E-state index contributed by atoms with van der Waals surface area (Å²) in [6.45, 7) is 4.26. The molecular weight excluding hydrogens is 292 g/mol. The van der Waals surface area contributed by atoms with E-state index in [4.69, 9.17) is 15.0 Å². The zero-order valence-corrected chi connectivity index (χ0v) is 13.1. The molecule has 1 heterocycles. The summed E-state index contributed by atoms with van der Waals surface area (Å²) in [5.41, 5.74) is 6.58. The third-order valence-corrected chi connectivity index (χ3v) is 2.81. The largest absolute Gasteiger partial charge is 0.494 e. The zero-order valence-electron chi connectivity index (χ0n) is 12.3. The number of aromatic nitrogens is 2. The Bertz CT molecular complexity index is 547. The lowest BCUT2D eigenvalue weighted by Crippen LogP contribution is -2.18. The maximum absolute atomic E-state index is 5.62. The van der Waals surface area contributed by atoms with Crippen LogP contribution in [0.25, 0.3) is 0 Å². The van der Waals surface area contributed by atoms with E-state index in [9.17, 15) is 0 Å². The summed E-state index contributed by atoms with van der Waals surface area (Å²) in [5, 5.41) is 3.89. The predicted octanol–water partition coefficient (Wildman–Crippen LogP) is 1.98. The molecule has 0 bridgehead atoms. The van der Waals surface area contributed by atoms with E-state index < -0.39 is 0 Å². The molecule has 0 spiro atoms. The van der Waals surface area contributed by atoms with Gasteiger partial charge in [-0.25, -0.2) is 0 Å². The van der Waals surface area contributed by atoms with Crippen molar-refractivity contribution in [1.29, 1.82) is 0 Å². The molecule has 0 fully saturated rings. The van der Waals surface area contributed by atoms with Crippen LogP contribution < -0.4 is 10.5 Å². The van der Waals surface area contributed by atoms with Crippen molar-refractivity contribution in [2.75, 3.05) is 13.7 Å². The number of hydrogen-bond acceptors (Lipinski definition) is 6. The van der Waals surface area contributed by atoms with Crippen molar-refractivity contribution in [3.8, 4) is 5.75 Å². The number of ether oxygens (including phenoxy) is 1. The second-order valence-corrected chi connectivity index (χ2v) is 4.52. The van der Waals surface area contributed by atoms with Crippen LogP contribution in [0.4, 0.5) is 0 Å². The van der Waals surface area contributed by atoms with Crippen LogP contribution in [0.5, 0.6) is 5.75 Å². The van der Waals surface area contributed by atoms with Gasteiger partial charge >= 0.3 is 0 Å². The van der Waals surface area contributed by atoms with Gasteiger partial charge in [0, 0.05) is 12.1 Å². The second kappa shape index (κ2) is 8.61. The molecule has 2 N–H and O–H groups in total. The molecular formula is C14H21ClN4O2. The van der Waals surface area contributed by atoms with E-state index >= 15 is 0 Å². The highest BCUT2D eigenvalue weighted by Gasteiger charge is 2.10. The van der Waals surface area contributed by atoms with Gasteiger partial charge in [-0.2, -0.15) is 4.98 Å². The fourth-order valence-electron chi connectivity index (χ4n) is 1.96. The number of benzene rings is 1. The second-order valence-electron chi connectivity index (χ2n) is 4.52. The van der Waals surface area contributed by atoms with Gasteiger partial charge in [0.2, 0.25) is 5.89 Å². The van der Waals surface area contributed by atoms with E-state index in [0.717, 1.165) is 17.9 Å². The molecule has 21 heavy (non-hydrogen) atoms. The van der Waals surface area contributed by atoms with Crippen molar-refractivity contribution in [3.05, 3.63) is 41.5 Å². The third kappa shape index (κ3) is 5.00. The van der Waals surface area contributed by atoms with E-state index in [2.05, 4.69) is 21.1 Å². The van der Waals surface area contributed by atoms with E-state index in [1.54, 1.807) is 0 Å². The number of para-hydroxylation sites is 1. The molecule has 0 saturated carbocycles. The van der Waals surface area contributed by atoms with Crippen LogP contribution in [0.1, 0.15) is 24.2 Å². The topological polar surface area (TPSA) is 77.4 Å². The molecule has 7 heteroatoms. The predicted molar refractivity (Wildman–Crippen MR) is 82.2 cm³/mol. The summed E-state index contributed by atoms with van der Waals surface area (Å²) in [6, 6.07) is 8.02. The Kier molecular flexibility index (Phi) is 7.14. The maximum Gasteiger partial charge on any atom is 0.240 e. The third-order valence-electron chi connectivity index (χ3n) is 2.81. The van der Waals surface area contributed by atoms with Gasteiger partial charge in [-0.05, 0) is 20.0 Å². The molecule has 0 radical (unpaired) electrons. The fraction of sp³-hybridized carbons (Fsp3) is 0.429. The quantitative estimate of drug-likeness (QED) is 0.842. The molecule has 1 aromatic carbocycles. The highest BCUT2D eigenvalue weighted by Crippen LogP contribution is 2.19. The smallest absolute Gasteiger partial charge is 0.240 e. The first-order valence-corrected chi connectivity index (χ1v) is 6.63. The average Bonchev–Trinajstić information content (AvgIpc) is 2.89. The van der Waals surface area contributed by atoms with Gasteiger partial charge in [0.05, 0.1) is 19.7 Å². The lowest BCUT2D eigenvalue weighted by Gasteiger charge is -2.17. The minimum atomic E-state index is 0. The number of nitrogens with zero attached hydrogens (tertiary/aromatic N) is 3. The normalized spacial score (nSPS) is 10.5. The van der Waals surface area contributed by atoms with E-state index in [1.807, 2.05) is 32.2 Å². The van der Waals surface area contributed by atoms with Crippen molar-refractivity contribution < 1.29 is 9.26 Å². The molecule has 0 aliphatic rings. The van der Waals surface area contributed by atoms with Crippen LogP contribution in [-0.4, -0.2) is 28.7 Å². The standard InChI is InChI=1S/C14H20N4O2.ClH/c1-3-19-12-7-5-4-6-11(12)9-18(2)10-13-16-14(8-15)20-17-13;/h4-7H,3,8-10,15H2,1-2H3;1H. The summed E-state index contributed by atoms with van der Waals surface area (Å²) >= 11 is 0. The van der Waals surface area contributed by atoms with Crippen LogP contribution in [0.15, 0.2) is 28.8 Å². The molecule has 2 rings (SSSR count). The monoisotopic (exact) mass is 312 g/mol. The van der Waals surface area contributed by atoms with Crippen molar-refractivity contribution in [2.45, 2.75) is 26.6 Å². The van der Waals surface area contributed by atoms with Gasteiger partial charge in [0.15, 0.2) is 5.82 Å².